The van der Waals surface area contributed by atoms with Crippen molar-refractivity contribution in [2.24, 2.45) is 17.3 Å². The normalized spacial score (nSPS) is 23.5. The maximum atomic E-state index is 14.9. The van der Waals surface area contributed by atoms with Gasteiger partial charge in [-0.3, -0.25) is 4.79 Å². The fraction of sp³-hybridized carbons (Fsp3) is 0.683. The van der Waals surface area contributed by atoms with Crippen LogP contribution in [0.2, 0.25) is 5.04 Å². The van der Waals surface area contributed by atoms with Crippen molar-refractivity contribution in [1.29, 1.82) is 0 Å². The monoisotopic (exact) mass is 680 g/mol. The first-order valence-electron chi connectivity index (χ1n) is 18.5. The van der Waals surface area contributed by atoms with Crippen LogP contribution in [0.1, 0.15) is 113 Å². The van der Waals surface area contributed by atoms with E-state index in [1.54, 1.807) is 0 Å². The molecule has 48 heavy (non-hydrogen) atoms. The van der Waals surface area contributed by atoms with E-state index < -0.39 is 20.2 Å². The molecule has 4 unspecified atom stereocenters. The number of rotatable bonds is 16. The van der Waals surface area contributed by atoms with Gasteiger partial charge in [0.15, 0.2) is 12.1 Å². The zero-order valence-electron chi connectivity index (χ0n) is 31.3. The summed E-state index contributed by atoms with van der Waals surface area (Å²) in [5.41, 5.74) is 0.424. The second-order valence-electron chi connectivity index (χ2n) is 16.4. The second-order valence-corrected chi connectivity index (χ2v) is 19.9. The van der Waals surface area contributed by atoms with Gasteiger partial charge in [-0.1, -0.05) is 109 Å². The zero-order chi connectivity index (χ0) is 35.0. The molecule has 2 aliphatic heterocycles. The summed E-state index contributed by atoms with van der Waals surface area (Å²) in [5.74, 6) is -0.724. The summed E-state index contributed by atoms with van der Waals surface area (Å²) in [5, 5.41) is 1.47. The molecule has 7 atom stereocenters. The van der Waals surface area contributed by atoms with E-state index in [-0.39, 0.29) is 47.3 Å². The molecule has 4 rings (SSSR count). The quantitative estimate of drug-likeness (QED) is 0.166. The molecule has 2 heterocycles. The molecule has 2 fully saturated rings. The molecular formula is C41H64O6Si. The highest BCUT2D eigenvalue weighted by atomic mass is 28.3. The van der Waals surface area contributed by atoms with Crippen molar-refractivity contribution in [3.05, 3.63) is 66.2 Å². The first kappa shape index (κ1) is 38.9. The summed E-state index contributed by atoms with van der Waals surface area (Å²) in [6.45, 7) is 20.7. The molecule has 7 heteroatoms. The average molecular weight is 681 g/mol. The van der Waals surface area contributed by atoms with Crippen molar-refractivity contribution in [2.75, 3.05) is 13.2 Å². The molecule has 0 spiro atoms. The molecule has 2 saturated heterocycles. The summed E-state index contributed by atoms with van der Waals surface area (Å²) < 4.78 is 32.2. The minimum atomic E-state index is -1.67. The van der Waals surface area contributed by atoms with Gasteiger partial charge in [0.2, 0.25) is 9.04 Å². The number of hydrogen-bond acceptors (Lipinski definition) is 6. The van der Waals surface area contributed by atoms with E-state index >= 15 is 0 Å². The Morgan fingerprint density at radius 3 is 2.19 bits per heavy atom. The first-order chi connectivity index (χ1) is 22.7. The Kier molecular flexibility index (Phi) is 14.1. The van der Waals surface area contributed by atoms with Crippen molar-refractivity contribution in [3.63, 3.8) is 0 Å². The van der Waals surface area contributed by atoms with Crippen molar-refractivity contribution in [2.45, 2.75) is 149 Å². The lowest BCUT2D eigenvalue weighted by Gasteiger charge is -2.45. The molecule has 2 aromatic rings. The summed E-state index contributed by atoms with van der Waals surface area (Å²) in [4.78, 5) is 14.9. The van der Waals surface area contributed by atoms with Gasteiger partial charge in [-0.25, -0.2) is 0 Å². The van der Waals surface area contributed by atoms with Crippen LogP contribution in [-0.4, -0.2) is 58.4 Å². The number of ketones is 1. The lowest BCUT2D eigenvalue weighted by atomic mass is 9.70. The predicted octanol–water partition coefficient (Wildman–Crippen LogP) is 8.54. The first-order valence-corrected chi connectivity index (χ1v) is 20.2. The van der Waals surface area contributed by atoms with Gasteiger partial charge in [0.25, 0.3) is 0 Å². The zero-order valence-corrected chi connectivity index (χ0v) is 32.5. The number of ether oxygens (including phenoxy) is 4. The fourth-order valence-corrected chi connectivity index (χ4v) is 10.2. The van der Waals surface area contributed by atoms with Crippen molar-refractivity contribution in [3.8, 4) is 0 Å². The summed E-state index contributed by atoms with van der Waals surface area (Å²) in [6.07, 6.45) is 6.55. The Bertz CT molecular complexity index is 1240. The van der Waals surface area contributed by atoms with Gasteiger partial charge in [0, 0.05) is 18.6 Å². The third-order valence-electron chi connectivity index (χ3n) is 10.3. The minimum Gasteiger partial charge on any atom is -0.412 e. The van der Waals surface area contributed by atoms with Gasteiger partial charge < -0.3 is 23.4 Å². The molecule has 6 nitrogen and oxygen atoms in total. The lowest BCUT2D eigenvalue weighted by molar-refractivity contribution is -0.289. The van der Waals surface area contributed by atoms with Gasteiger partial charge in [0.05, 0.1) is 24.2 Å². The maximum absolute atomic E-state index is 14.9. The van der Waals surface area contributed by atoms with Gasteiger partial charge >= 0.3 is 0 Å². The van der Waals surface area contributed by atoms with Crippen LogP contribution in [-0.2, 0) is 34.6 Å². The highest BCUT2D eigenvalue weighted by Crippen LogP contribution is 2.40. The van der Waals surface area contributed by atoms with E-state index in [0.29, 0.717) is 26.1 Å². The fourth-order valence-electron chi connectivity index (χ4n) is 7.44. The van der Waals surface area contributed by atoms with Crippen LogP contribution < -0.4 is 5.19 Å². The third kappa shape index (κ3) is 11.1. The molecule has 2 aliphatic rings. The van der Waals surface area contributed by atoms with E-state index in [0.717, 1.165) is 44.1 Å². The van der Waals surface area contributed by atoms with E-state index in [1.807, 2.05) is 19.9 Å². The van der Waals surface area contributed by atoms with Crippen LogP contribution in [0.5, 0.6) is 0 Å². The minimum absolute atomic E-state index is 0.114. The van der Waals surface area contributed by atoms with Crippen molar-refractivity contribution in [1.82, 2.24) is 0 Å². The van der Waals surface area contributed by atoms with Gasteiger partial charge in [-0.05, 0) is 87.4 Å². The van der Waals surface area contributed by atoms with Crippen LogP contribution in [0, 0.1) is 17.3 Å². The standard InChI is InChI=1S/C41H64O6Si/c1-30(19-18-20-31(2)47-48(39(3,4)5)33-23-14-11-15-24-33)37(45-36-25-16-17-27-43-36)34(29-32-21-12-10-13-22-32)38(42)40(6,7)35-26-28-44-41(8,9)46-35/h10-15,21-24,30-31,34-37,48H,16-20,25-29H2,1-9H3/t30-,31?,34?,35-,36?,37-,48?/m0/s1. The van der Waals surface area contributed by atoms with E-state index in [1.165, 1.54) is 5.19 Å². The topological polar surface area (TPSA) is 63.2 Å². The highest BCUT2D eigenvalue weighted by Gasteiger charge is 2.48. The highest BCUT2D eigenvalue weighted by molar-refractivity contribution is 6.70. The predicted molar refractivity (Wildman–Crippen MR) is 197 cm³/mol. The SMILES string of the molecule is CC(CCC[C@H](C)[C@H](OC1CCCCO1)C(Cc1ccccc1)C(=O)C(C)(C)[C@@H]1CCOC(C)(C)O1)O[SiH](c1ccccc1)C(C)(C)C. The van der Waals surface area contributed by atoms with Gasteiger partial charge in [0.1, 0.15) is 5.78 Å². The van der Waals surface area contributed by atoms with Crippen molar-refractivity contribution < 1.29 is 28.2 Å². The van der Waals surface area contributed by atoms with Crippen LogP contribution in [0.15, 0.2) is 60.7 Å². The van der Waals surface area contributed by atoms with Gasteiger partial charge in [-0.15, -0.1) is 0 Å². The van der Waals surface area contributed by atoms with Crippen LogP contribution >= 0.6 is 0 Å². The average Bonchev–Trinajstić information content (AvgIpc) is 3.05. The van der Waals surface area contributed by atoms with Gasteiger partial charge in [-0.2, -0.15) is 0 Å². The summed E-state index contributed by atoms with van der Waals surface area (Å²) in [7, 11) is -1.67. The molecule has 0 bridgehead atoms. The number of Topliss-reactive ketones (excluding diaryl/α,β-unsaturated/α-hetero) is 1. The molecule has 0 aromatic heterocycles. The lowest BCUT2D eigenvalue weighted by Crippen LogP contribution is -2.53. The Balaban J connectivity index is 1.54. The molecule has 2 aromatic carbocycles. The second kappa shape index (κ2) is 17.4. The number of benzene rings is 2. The largest absolute Gasteiger partial charge is 0.412 e. The number of carbonyl (C=O) groups excluding carboxylic acids is 1. The third-order valence-corrected chi connectivity index (χ3v) is 13.6. The van der Waals surface area contributed by atoms with Crippen molar-refractivity contribution >= 4 is 20.0 Å². The Labute approximate surface area is 293 Å². The molecule has 0 N–H and O–H groups in total. The Hall–Kier alpha value is -1.87. The van der Waals surface area contributed by atoms with E-state index in [9.17, 15) is 4.79 Å². The summed E-state index contributed by atoms with van der Waals surface area (Å²) >= 11 is 0. The molecule has 0 amide bonds. The molecule has 0 saturated carbocycles. The number of hydrogen-bond donors (Lipinski definition) is 0. The summed E-state index contributed by atoms with van der Waals surface area (Å²) in [6, 6.07) is 21.2. The molecule has 0 aliphatic carbocycles. The molecule has 268 valence electrons. The molecule has 0 radical (unpaired) electrons. The Morgan fingerprint density at radius 1 is 0.917 bits per heavy atom. The van der Waals surface area contributed by atoms with E-state index in [2.05, 4.69) is 103 Å². The Morgan fingerprint density at radius 2 is 1.58 bits per heavy atom. The van der Waals surface area contributed by atoms with Crippen LogP contribution in [0.4, 0.5) is 0 Å². The number of carbonyl (C=O) groups is 1. The van der Waals surface area contributed by atoms with E-state index in [4.69, 9.17) is 23.4 Å². The maximum Gasteiger partial charge on any atom is 0.213 e. The van der Waals surface area contributed by atoms with Crippen LogP contribution in [0.3, 0.4) is 0 Å². The smallest absolute Gasteiger partial charge is 0.213 e. The molecular weight excluding hydrogens is 617 g/mol. The van der Waals surface area contributed by atoms with Crippen LogP contribution in [0.25, 0.3) is 0 Å².